The molecule has 2 aromatic rings. The summed E-state index contributed by atoms with van der Waals surface area (Å²) in [5.41, 5.74) is 1.18. The van der Waals surface area contributed by atoms with Crippen LogP contribution in [0.15, 0.2) is 24.3 Å². The molecule has 4 heteroatoms. The van der Waals surface area contributed by atoms with Crippen LogP contribution in [0.5, 0.6) is 0 Å². The van der Waals surface area contributed by atoms with Crippen molar-refractivity contribution in [3.8, 4) is 0 Å². The molecule has 84 valence electrons. The predicted molar refractivity (Wildman–Crippen MR) is 64.7 cm³/mol. The Bertz CT molecular complexity index is 459. The number of H-pyrrole nitrogens is 1. The van der Waals surface area contributed by atoms with Gasteiger partial charge in [0.15, 0.2) is 5.82 Å². The van der Waals surface area contributed by atoms with Crippen LogP contribution in [-0.4, -0.2) is 15.2 Å². The van der Waals surface area contributed by atoms with E-state index in [-0.39, 0.29) is 0 Å². The quantitative estimate of drug-likeness (QED) is 0.888. The lowest BCUT2D eigenvalue weighted by Crippen LogP contribution is -1.92. The molecule has 0 saturated heterocycles. The molecule has 0 bridgehead atoms. The number of benzene rings is 1. The van der Waals surface area contributed by atoms with Gasteiger partial charge in [-0.15, -0.1) is 0 Å². The minimum Gasteiger partial charge on any atom is -0.263 e. The number of halogens is 1. The molecule has 0 spiro atoms. The Morgan fingerprint density at radius 2 is 1.94 bits per heavy atom. The molecule has 0 aliphatic carbocycles. The Morgan fingerprint density at radius 1 is 1.25 bits per heavy atom. The number of rotatable bonds is 3. The van der Waals surface area contributed by atoms with Crippen LogP contribution < -0.4 is 0 Å². The lowest BCUT2D eigenvalue weighted by Gasteiger charge is -1.98. The number of aromatic nitrogens is 3. The van der Waals surface area contributed by atoms with E-state index in [2.05, 4.69) is 29.0 Å². The zero-order valence-electron chi connectivity index (χ0n) is 9.37. The number of nitrogens with zero attached hydrogens (tertiary/aromatic N) is 2. The van der Waals surface area contributed by atoms with Crippen molar-refractivity contribution in [2.75, 3.05) is 0 Å². The molecule has 0 aliphatic heterocycles. The highest BCUT2D eigenvalue weighted by Gasteiger charge is 2.07. The van der Waals surface area contributed by atoms with Gasteiger partial charge in [-0.25, -0.2) is 4.98 Å². The monoisotopic (exact) mass is 235 g/mol. The molecule has 1 N–H and O–H groups in total. The van der Waals surface area contributed by atoms with Crippen molar-refractivity contribution < 1.29 is 0 Å². The average Bonchev–Trinajstić information content (AvgIpc) is 2.70. The normalized spacial score (nSPS) is 11.0. The summed E-state index contributed by atoms with van der Waals surface area (Å²) in [7, 11) is 0. The highest BCUT2D eigenvalue weighted by atomic mass is 35.5. The van der Waals surface area contributed by atoms with Gasteiger partial charge in [0.25, 0.3) is 0 Å². The van der Waals surface area contributed by atoms with Crippen LogP contribution >= 0.6 is 11.6 Å². The van der Waals surface area contributed by atoms with Crippen molar-refractivity contribution in [2.24, 2.45) is 0 Å². The molecule has 0 fully saturated rings. The molecular formula is C12H14ClN3. The summed E-state index contributed by atoms with van der Waals surface area (Å²) in [6, 6.07) is 7.77. The molecule has 0 aliphatic rings. The lowest BCUT2D eigenvalue weighted by atomic mass is 10.1. The molecule has 0 amide bonds. The van der Waals surface area contributed by atoms with E-state index in [4.69, 9.17) is 11.6 Å². The number of hydrogen-bond donors (Lipinski definition) is 1. The van der Waals surface area contributed by atoms with E-state index in [9.17, 15) is 0 Å². The molecule has 0 unspecified atom stereocenters. The van der Waals surface area contributed by atoms with E-state index >= 15 is 0 Å². The lowest BCUT2D eigenvalue weighted by molar-refractivity contribution is 0.780. The minimum atomic E-state index is 0.357. The van der Waals surface area contributed by atoms with Crippen LogP contribution in [0.4, 0.5) is 0 Å². The highest BCUT2D eigenvalue weighted by molar-refractivity contribution is 6.30. The van der Waals surface area contributed by atoms with E-state index in [1.165, 1.54) is 5.56 Å². The summed E-state index contributed by atoms with van der Waals surface area (Å²) in [6.45, 7) is 4.16. The number of aromatic amines is 1. The smallest absolute Gasteiger partial charge is 0.153 e. The van der Waals surface area contributed by atoms with Crippen LogP contribution in [0.1, 0.15) is 37.0 Å². The first kappa shape index (κ1) is 11.1. The van der Waals surface area contributed by atoms with Gasteiger partial charge in [-0.05, 0) is 17.7 Å². The van der Waals surface area contributed by atoms with Gasteiger partial charge in [-0.2, -0.15) is 5.10 Å². The fourth-order valence-corrected chi connectivity index (χ4v) is 1.57. The SMILES string of the molecule is CC(C)c1n[nH]c(Cc2ccc(Cl)cc2)n1. The van der Waals surface area contributed by atoms with Crippen molar-refractivity contribution in [1.82, 2.24) is 15.2 Å². The van der Waals surface area contributed by atoms with E-state index in [0.29, 0.717) is 5.92 Å². The molecule has 16 heavy (non-hydrogen) atoms. The third-order valence-corrected chi connectivity index (χ3v) is 2.60. The Labute approximate surface area is 99.9 Å². The predicted octanol–water partition coefficient (Wildman–Crippen LogP) is 3.17. The fourth-order valence-electron chi connectivity index (χ4n) is 1.44. The van der Waals surface area contributed by atoms with E-state index in [0.717, 1.165) is 23.1 Å². The maximum absolute atomic E-state index is 5.82. The van der Waals surface area contributed by atoms with E-state index < -0.39 is 0 Å². The summed E-state index contributed by atoms with van der Waals surface area (Å²) in [6.07, 6.45) is 0.761. The van der Waals surface area contributed by atoms with Crippen LogP contribution in [0.3, 0.4) is 0 Å². The first-order valence-corrected chi connectivity index (χ1v) is 5.68. The van der Waals surface area contributed by atoms with Gasteiger partial charge in [0.2, 0.25) is 0 Å². The van der Waals surface area contributed by atoms with Gasteiger partial charge < -0.3 is 0 Å². The van der Waals surface area contributed by atoms with E-state index in [1.54, 1.807) is 0 Å². The molecule has 0 saturated carbocycles. The Kier molecular flexibility index (Phi) is 3.25. The van der Waals surface area contributed by atoms with Gasteiger partial charge in [0.05, 0.1) is 0 Å². The van der Waals surface area contributed by atoms with Gasteiger partial charge in [-0.3, -0.25) is 5.10 Å². The molecule has 1 aromatic carbocycles. The fraction of sp³-hybridized carbons (Fsp3) is 0.333. The number of hydrogen-bond acceptors (Lipinski definition) is 2. The molecule has 3 nitrogen and oxygen atoms in total. The first-order valence-electron chi connectivity index (χ1n) is 5.31. The van der Waals surface area contributed by atoms with Crippen LogP contribution in [0, 0.1) is 0 Å². The van der Waals surface area contributed by atoms with Crippen LogP contribution in [0.2, 0.25) is 5.02 Å². The number of nitrogens with one attached hydrogen (secondary N) is 1. The summed E-state index contributed by atoms with van der Waals surface area (Å²) in [5.74, 6) is 2.12. The van der Waals surface area contributed by atoms with Crippen LogP contribution in [0.25, 0.3) is 0 Å². The van der Waals surface area contributed by atoms with Crippen molar-refractivity contribution in [3.05, 3.63) is 46.5 Å². The Balaban J connectivity index is 2.11. The zero-order valence-corrected chi connectivity index (χ0v) is 10.1. The van der Waals surface area contributed by atoms with Crippen molar-refractivity contribution in [1.29, 1.82) is 0 Å². The molecule has 0 atom stereocenters. The topological polar surface area (TPSA) is 41.6 Å². The standard InChI is InChI=1S/C12H14ClN3/c1-8(2)12-14-11(15-16-12)7-9-3-5-10(13)6-4-9/h3-6,8H,7H2,1-2H3,(H,14,15,16). The van der Waals surface area contributed by atoms with Gasteiger partial charge in [-0.1, -0.05) is 37.6 Å². The highest BCUT2D eigenvalue weighted by Crippen LogP contribution is 2.13. The van der Waals surface area contributed by atoms with Gasteiger partial charge >= 0.3 is 0 Å². The maximum Gasteiger partial charge on any atom is 0.153 e. The maximum atomic E-state index is 5.82. The minimum absolute atomic E-state index is 0.357. The van der Waals surface area contributed by atoms with Gasteiger partial charge in [0, 0.05) is 17.4 Å². The Morgan fingerprint density at radius 3 is 2.50 bits per heavy atom. The largest absolute Gasteiger partial charge is 0.263 e. The molecule has 1 aromatic heterocycles. The van der Waals surface area contributed by atoms with E-state index in [1.807, 2.05) is 24.3 Å². The van der Waals surface area contributed by atoms with Gasteiger partial charge in [0.1, 0.15) is 5.82 Å². The second-order valence-electron chi connectivity index (χ2n) is 4.10. The molecule has 1 heterocycles. The van der Waals surface area contributed by atoms with Crippen molar-refractivity contribution in [2.45, 2.75) is 26.2 Å². The second-order valence-corrected chi connectivity index (χ2v) is 4.53. The van der Waals surface area contributed by atoms with Crippen LogP contribution in [-0.2, 0) is 6.42 Å². The zero-order chi connectivity index (χ0) is 11.5. The summed E-state index contributed by atoms with van der Waals surface area (Å²) >= 11 is 5.82. The summed E-state index contributed by atoms with van der Waals surface area (Å²) < 4.78 is 0. The average molecular weight is 236 g/mol. The molecule has 0 radical (unpaired) electrons. The molecule has 2 rings (SSSR count). The third-order valence-electron chi connectivity index (χ3n) is 2.35. The summed E-state index contributed by atoms with van der Waals surface area (Å²) in [5, 5.41) is 7.88. The Hall–Kier alpha value is -1.35. The molecular weight excluding hydrogens is 222 g/mol. The van der Waals surface area contributed by atoms with Crippen molar-refractivity contribution >= 4 is 11.6 Å². The second kappa shape index (κ2) is 4.66. The van der Waals surface area contributed by atoms with Crippen molar-refractivity contribution in [3.63, 3.8) is 0 Å². The first-order chi connectivity index (χ1) is 7.65. The third kappa shape index (κ3) is 2.61. The summed E-state index contributed by atoms with van der Waals surface area (Å²) in [4.78, 5) is 4.43.